The second-order valence-electron chi connectivity index (χ2n) is 4.21. The van der Waals surface area contributed by atoms with Gasteiger partial charge in [0, 0.05) is 12.1 Å². The first kappa shape index (κ1) is 14.9. The topological polar surface area (TPSA) is 38.3 Å². The van der Waals surface area contributed by atoms with E-state index in [4.69, 9.17) is 0 Å². The highest BCUT2D eigenvalue weighted by molar-refractivity contribution is 5.94. The van der Waals surface area contributed by atoms with Gasteiger partial charge in [0.15, 0.2) is 0 Å². The molecule has 0 fully saturated rings. The molecule has 0 aromatic heterocycles. The fraction of sp³-hybridized carbons (Fsp3) is 0.133. The molecule has 0 atom stereocenters. The van der Waals surface area contributed by atoms with Crippen molar-refractivity contribution >= 4 is 5.91 Å². The molecule has 0 radical (unpaired) electrons. The van der Waals surface area contributed by atoms with Crippen LogP contribution in [0.15, 0.2) is 48.5 Å². The average molecular weight is 295 g/mol. The van der Waals surface area contributed by atoms with Crippen molar-refractivity contribution in [1.82, 2.24) is 5.32 Å². The van der Waals surface area contributed by atoms with Crippen molar-refractivity contribution in [2.24, 2.45) is 0 Å². The van der Waals surface area contributed by atoms with Crippen LogP contribution >= 0.6 is 0 Å². The lowest BCUT2D eigenvalue weighted by atomic mass is 10.2. The summed E-state index contributed by atoms with van der Waals surface area (Å²) in [5.74, 6) is -0.706. The molecule has 0 aliphatic carbocycles. The van der Waals surface area contributed by atoms with Gasteiger partial charge in [-0.1, -0.05) is 12.1 Å². The minimum atomic E-state index is -2.87. The van der Waals surface area contributed by atoms with Gasteiger partial charge in [0.2, 0.25) is 0 Å². The number of benzene rings is 2. The van der Waals surface area contributed by atoms with Gasteiger partial charge in [-0.05, 0) is 42.0 Å². The molecule has 0 bridgehead atoms. The summed E-state index contributed by atoms with van der Waals surface area (Å²) in [4.78, 5) is 11.8. The number of ether oxygens (including phenoxy) is 1. The number of carbonyl (C=O) groups is 1. The van der Waals surface area contributed by atoms with Gasteiger partial charge in [-0.15, -0.1) is 0 Å². The van der Waals surface area contributed by atoms with Crippen LogP contribution in [0.4, 0.5) is 13.2 Å². The first-order chi connectivity index (χ1) is 10.0. The zero-order valence-electron chi connectivity index (χ0n) is 10.9. The van der Waals surface area contributed by atoms with Crippen molar-refractivity contribution in [3.63, 3.8) is 0 Å². The Morgan fingerprint density at radius 3 is 2.24 bits per heavy atom. The van der Waals surface area contributed by atoms with Crippen LogP contribution in [-0.2, 0) is 6.54 Å². The van der Waals surface area contributed by atoms with Gasteiger partial charge in [-0.2, -0.15) is 8.78 Å². The van der Waals surface area contributed by atoms with Crippen LogP contribution < -0.4 is 10.1 Å². The van der Waals surface area contributed by atoms with E-state index in [1.165, 1.54) is 36.4 Å². The Morgan fingerprint density at radius 1 is 1.05 bits per heavy atom. The highest BCUT2D eigenvalue weighted by Crippen LogP contribution is 2.14. The summed E-state index contributed by atoms with van der Waals surface area (Å²) in [6.07, 6.45) is 0. The number of hydrogen-bond acceptors (Lipinski definition) is 2. The molecule has 110 valence electrons. The molecule has 2 aromatic rings. The number of halogens is 3. The molecule has 2 rings (SSSR count). The van der Waals surface area contributed by atoms with Crippen molar-refractivity contribution in [2.45, 2.75) is 13.2 Å². The Balaban J connectivity index is 1.90. The van der Waals surface area contributed by atoms with Gasteiger partial charge in [0.05, 0.1) is 0 Å². The summed E-state index contributed by atoms with van der Waals surface area (Å²) in [6.45, 7) is -2.64. The van der Waals surface area contributed by atoms with Crippen LogP contribution in [-0.4, -0.2) is 12.5 Å². The molecule has 21 heavy (non-hydrogen) atoms. The summed E-state index contributed by atoms with van der Waals surface area (Å²) < 4.78 is 40.9. The quantitative estimate of drug-likeness (QED) is 0.918. The van der Waals surface area contributed by atoms with Crippen molar-refractivity contribution in [3.05, 3.63) is 65.5 Å². The van der Waals surface area contributed by atoms with Crippen molar-refractivity contribution in [2.75, 3.05) is 0 Å². The third-order valence-corrected chi connectivity index (χ3v) is 2.71. The van der Waals surface area contributed by atoms with E-state index < -0.39 is 12.4 Å². The normalized spacial score (nSPS) is 10.5. The lowest BCUT2D eigenvalue weighted by Gasteiger charge is -2.07. The molecule has 2 aromatic carbocycles. The molecule has 1 amide bonds. The summed E-state index contributed by atoms with van der Waals surface area (Å²) in [5, 5.41) is 2.64. The molecule has 0 spiro atoms. The van der Waals surface area contributed by atoms with E-state index >= 15 is 0 Å². The van der Waals surface area contributed by atoms with Crippen LogP contribution in [0.2, 0.25) is 0 Å². The minimum Gasteiger partial charge on any atom is -0.435 e. The van der Waals surface area contributed by atoms with Crippen molar-refractivity contribution in [3.8, 4) is 5.75 Å². The Bertz CT molecular complexity index is 597. The Morgan fingerprint density at radius 2 is 1.67 bits per heavy atom. The van der Waals surface area contributed by atoms with E-state index in [-0.39, 0.29) is 18.2 Å². The number of carbonyl (C=O) groups excluding carboxylic acids is 1. The van der Waals surface area contributed by atoms with Gasteiger partial charge in [-0.3, -0.25) is 4.79 Å². The van der Waals surface area contributed by atoms with Gasteiger partial charge < -0.3 is 10.1 Å². The van der Waals surface area contributed by atoms with Gasteiger partial charge in [0.1, 0.15) is 11.6 Å². The van der Waals surface area contributed by atoms with Crippen LogP contribution in [0.1, 0.15) is 15.9 Å². The van der Waals surface area contributed by atoms with Gasteiger partial charge >= 0.3 is 6.61 Å². The molecule has 0 unspecified atom stereocenters. The second-order valence-corrected chi connectivity index (χ2v) is 4.21. The molecule has 0 heterocycles. The fourth-order valence-electron chi connectivity index (χ4n) is 1.67. The average Bonchev–Trinajstić information content (AvgIpc) is 2.46. The number of amides is 1. The standard InChI is InChI=1S/C15H12F3NO2/c16-12-5-3-11(4-6-12)14(20)19-9-10-1-7-13(8-2-10)21-15(17)18/h1-8,15H,9H2,(H,19,20). The predicted molar refractivity (Wildman–Crippen MR) is 70.6 cm³/mol. The zero-order valence-corrected chi connectivity index (χ0v) is 10.9. The van der Waals surface area contributed by atoms with Crippen LogP contribution in [0.25, 0.3) is 0 Å². The van der Waals surface area contributed by atoms with Crippen LogP contribution in [0, 0.1) is 5.82 Å². The molecule has 0 saturated carbocycles. The number of rotatable bonds is 5. The Kier molecular flexibility index (Phi) is 4.81. The maximum atomic E-state index is 12.7. The first-order valence-electron chi connectivity index (χ1n) is 6.12. The largest absolute Gasteiger partial charge is 0.435 e. The van der Waals surface area contributed by atoms with Gasteiger partial charge in [0.25, 0.3) is 5.91 Å². The van der Waals surface area contributed by atoms with E-state index in [9.17, 15) is 18.0 Å². The predicted octanol–water partition coefficient (Wildman–Crippen LogP) is 3.36. The van der Waals surface area contributed by atoms with E-state index in [1.807, 2.05) is 0 Å². The SMILES string of the molecule is O=C(NCc1ccc(OC(F)F)cc1)c1ccc(F)cc1. The zero-order chi connectivity index (χ0) is 15.2. The summed E-state index contributed by atoms with van der Waals surface area (Å²) >= 11 is 0. The molecule has 1 N–H and O–H groups in total. The summed E-state index contributed by atoms with van der Waals surface area (Å²) in [7, 11) is 0. The Labute approximate surface area is 119 Å². The lowest BCUT2D eigenvalue weighted by molar-refractivity contribution is -0.0498. The highest BCUT2D eigenvalue weighted by Gasteiger charge is 2.06. The van der Waals surface area contributed by atoms with Crippen molar-refractivity contribution in [1.29, 1.82) is 0 Å². The number of alkyl halides is 2. The van der Waals surface area contributed by atoms with E-state index in [0.717, 1.165) is 5.56 Å². The Hall–Kier alpha value is -2.50. The summed E-state index contributed by atoms with van der Waals surface area (Å²) in [6, 6.07) is 11.1. The molecular formula is C15H12F3NO2. The molecule has 3 nitrogen and oxygen atoms in total. The molecule has 0 aliphatic heterocycles. The van der Waals surface area contributed by atoms with E-state index in [1.54, 1.807) is 12.1 Å². The monoisotopic (exact) mass is 295 g/mol. The van der Waals surface area contributed by atoms with Gasteiger partial charge in [-0.25, -0.2) is 4.39 Å². The lowest BCUT2D eigenvalue weighted by Crippen LogP contribution is -2.22. The molecule has 0 aliphatic rings. The van der Waals surface area contributed by atoms with E-state index in [0.29, 0.717) is 5.56 Å². The molecular weight excluding hydrogens is 283 g/mol. The third kappa shape index (κ3) is 4.52. The number of nitrogens with one attached hydrogen (secondary N) is 1. The summed E-state index contributed by atoms with van der Waals surface area (Å²) in [5.41, 5.74) is 1.07. The third-order valence-electron chi connectivity index (χ3n) is 2.71. The molecule has 0 saturated heterocycles. The van der Waals surface area contributed by atoms with Crippen molar-refractivity contribution < 1.29 is 22.7 Å². The van der Waals surface area contributed by atoms with Crippen LogP contribution in [0.5, 0.6) is 5.75 Å². The fourth-order valence-corrected chi connectivity index (χ4v) is 1.67. The maximum Gasteiger partial charge on any atom is 0.387 e. The van der Waals surface area contributed by atoms with Crippen LogP contribution in [0.3, 0.4) is 0 Å². The first-order valence-corrected chi connectivity index (χ1v) is 6.12. The second kappa shape index (κ2) is 6.78. The smallest absolute Gasteiger partial charge is 0.387 e. The highest BCUT2D eigenvalue weighted by atomic mass is 19.3. The maximum absolute atomic E-state index is 12.7. The molecule has 6 heteroatoms. The van der Waals surface area contributed by atoms with E-state index in [2.05, 4.69) is 10.1 Å². The number of hydrogen-bond donors (Lipinski definition) is 1. The minimum absolute atomic E-state index is 0.0543.